The fourth-order valence-corrected chi connectivity index (χ4v) is 0. The molecule has 0 saturated heterocycles. The summed E-state index contributed by atoms with van der Waals surface area (Å²) in [6, 6.07) is 0. The van der Waals surface area contributed by atoms with Crippen LogP contribution in [0, 0.1) is 0 Å². The van der Waals surface area contributed by atoms with Crippen LogP contribution < -0.4 is 0 Å². The first kappa shape index (κ1) is 16.3. The first-order chi connectivity index (χ1) is 1.41. The van der Waals surface area contributed by atoms with Crippen LogP contribution in [0.2, 0.25) is 0 Å². The van der Waals surface area contributed by atoms with Gasteiger partial charge in [0.25, 0.3) is 0 Å². The van der Waals surface area contributed by atoms with Gasteiger partial charge in [0.2, 0.25) is 0 Å². The first-order valence-electron chi connectivity index (χ1n) is 1.02. The van der Waals surface area contributed by atoms with Crippen LogP contribution in [0.25, 0.3) is 0 Å². The first-order valence-corrected chi connectivity index (χ1v) is 1.02. The van der Waals surface area contributed by atoms with Crippen molar-refractivity contribution < 1.29 is 5.11 Å². The SMILES string of the molecule is Br.CCO.[SnH2]. The van der Waals surface area contributed by atoms with Gasteiger partial charge in [-0.3, -0.25) is 0 Å². The van der Waals surface area contributed by atoms with E-state index in [4.69, 9.17) is 5.11 Å². The van der Waals surface area contributed by atoms with Crippen LogP contribution in [0.3, 0.4) is 0 Å². The third kappa shape index (κ3) is 35.8. The minimum atomic E-state index is 0. The molecule has 0 aliphatic carbocycles. The van der Waals surface area contributed by atoms with Crippen molar-refractivity contribution in [2.24, 2.45) is 0 Å². The van der Waals surface area contributed by atoms with Gasteiger partial charge in [0.1, 0.15) is 0 Å². The quantitative estimate of drug-likeness (QED) is 0.581. The van der Waals surface area contributed by atoms with Crippen molar-refractivity contribution in [1.82, 2.24) is 0 Å². The molecule has 2 radical (unpaired) electrons. The van der Waals surface area contributed by atoms with Gasteiger partial charge >= 0.3 is 23.9 Å². The number of hydrogen-bond acceptors (Lipinski definition) is 1. The van der Waals surface area contributed by atoms with E-state index in [1.807, 2.05) is 0 Å². The van der Waals surface area contributed by atoms with Gasteiger partial charge in [-0.25, -0.2) is 0 Å². The molecule has 0 aliphatic heterocycles. The second-order valence-corrected chi connectivity index (χ2v) is 0.316. The molecule has 0 rings (SSSR count). The van der Waals surface area contributed by atoms with Crippen molar-refractivity contribution >= 4 is 40.9 Å². The van der Waals surface area contributed by atoms with Crippen LogP contribution in [-0.4, -0.2) is 35.6 Å². The van der Waals surface area contributed by atoms with E-state index < -0.39 is 0 Å². The number of aliphatic hydroxyl groups excluding tert-OH is 1. The molecule has 5 heavy (non-hydrogen) atoms. The predicted octanol–water partition coefficient (Wildman–Crippen LogP) is -0.340. The Labute approximate surface area is 59.5 Å². The molecule has 3 heteroatoms. The number of halogens is 1. The second kappa shape index (κ2) is 18.8. The molecule has 0 aromatic carbocycles. The monoisotopic (exact) mass is 248 g/mol. The van der Waals surface area contributed by atoms with Crippen LogP contribution in [-0.2, 0) is 0 Å². The van der Waals surface area contributed by atoms with Crippen molar-refractivity contribution in [2.45, 2.75) is 6.92 Å². The summed E-state index contributed by atoms with van der Waals surface area (Å²) in [7, 11) is 0. The molecule has 0 spiro atoms. The molecule has 1 N–H and O–H groups in total. The molecule has 34 valence electrons. The topological polar surface area (TPSA) is 20.2 Å². The maximum absolute atomic E-state index is 7.57. The predicted molar refractivity (Wildman–Crippen MR) is 31.6 cm³/mol. The third-order valence-electron chi connectivity index (χ3n) is 0. The molecule has 0 fully saturated rings. The van der Waals surface area contributed by atoms with E-state index in [1.165, 1.54) is 0 Å². The fourth-order valence-electron chi connectivity index (χ4n) is 0. The fraction of sp³-hybridized carbons (Fsp3) is 1.00. The summed E-state index contributed by atoms with van der Waals surface area (Å²) in [6.07, 6.45) is 0. The molecule has 0 aliphatic rings. The molecule has 0 aromatic rings. The summed E-state index contributed by atoms with van der Waals surface area (Å²) in [5.41, 5.74) is 0. The number of aliphatic hydroxyl groups is 1. The van der Waals surface area contributed by atoms with E-state index in [-0.39, 0.29) is 47.5 Å². The van der Waals surface area contributed by atoms with Crippen LogP contribution in [0.4, 0.5) is 0 Å². The number of hydrogen-bond donors (Lipinski definition) is 1. The van der Waals surface area contributed by atoms with E-state index in [2.05, 4.69) is 0 Å². The Morgan fingerprint density at radius 1 is 1.60 bits per heavy atom. The van der Waals surface area contributed by atoms with E-state index in [0.29, 0.717) is 0 Å². The molecule has 0 amide bonds. The van der Waals surface area contributed by atoms with Crippen molar-refractivity contribution in [3.63, 3.8) is 0 Å². The van der Waals surface area contributed by atoms with Gasteiger partial charge in [-0.1, -0.05) is 0 Å². The van der Waals surface area contributed by atoms with E-state index >= 15 is 0 Å². The third-order valence-corrected chi connectivity index (χ3v) is 0. The Balaban J connectivity index is -0.0000000200. The maximum atomic E-state index is 7.57. The molecule has 0 aromatic heterocycles. The van der Waals surface area contributed by atoms with Crippen LogP contribution in [0.15, 0.2) is 0 Å². The summed E-state index contributed by atoms with van der Waals surface area (Å²) in [6.45, 7) is 1.93. The second-order valence-electron chi connectivity index (χ2n) is 0.316. The van der Waals surface area contributed by atoms with Crippen molar-refractivity contribution in [2.75, 3.05) is 6.61 Å². The Hall–Kier alpha value is 1.24. The summed E-state index contributed by atoms with van der Waals surface area (Å²) in [4.78, 5) is 0. The summed E-state index contributed by atoms with van der Waals surface area (Å²) >= 11 is 0. The summed E-state index contributed by atoms with van der Waals surface area (Å²) in [5.74, 6) is 0. The van der Waals surface area contributed by atoms with Gasteiger partial charge in [0.15, 0.2) is 0 Å². The van der Waals surface area contributed by atoms with E-state index in [9.17, 15) is 0 Å². The minimum absolute atomic E-state index is 0. The zero-order valence-corrected chi connectivity index (χ0v) is 9.02. The number of rotatable bonds is 0. The van der Waals surface area contributed by atoms with Crippen LogP contribution in [0.1, 0.15) is 6.92 Å². The van der Waals surface area contributed by atoms with Gasteiger partial charge in [-0.2, -0.15) is 0 Å². The average Bonchev–Trinajstić information content (AvgIpc) is 0.918. The zero-order chi connectivity index (χ0) is 2.71. The Bertz CT molecular complexity index is 9.61. The normalized spacial score (nSPS) is 3.60. The molecular weight excluding hydrogens is 239 g/mol. The van der Waals surface area contributed by atoms with E-state index in [0.717, 1.165) is 0 Å². The van der Waals surface area contributed by atoms with Gasteiger partial charge in [-0.05, 0) is 6.92 Å². The van der Waals surface area contributed by atoms with Crippen molar-refractivity contribution in [1.29, 1.82) is 0 Å². The zero-order valence-electron chi connectivity index (χ0n) is 3.27. The molecule has 0 bridgehead atoms. The standard InChI is InChI=1S/C2H6O.BrH.Sn.2H/c1-2-3;;;;/h3H,2H2,1H3;1H;;;. The summed E-state index contributed by atoms with van der Waals surface area (Å²) in [5, 5.41) is 7.57. The van der Waals surface area contributed by atoms with Crippen molar-refractivity contribution in [3.05, 3.63) is 0 Å². The van der Waals surface area contributed by atoms with Crippen molar-refractivity contribution in [3.8, 4) is 0 Å². The molecule has 0 atom stereocenters. The van der Waals surface area contributed by atoms with Gasteiger partial charge < -0.3 is 5.11 Å². The van der Waals surface area contributed by atoms with Gasteiger partial charge in [-0.15, -0.1) is 17.0 Å². The van der Waals surface area contributed by atoms with Gasteiger partial charge in [0.05, 0.1) is 0 Å². The average molecular weight is 248 g/mol. The Morgan fingerprint density at radius 3 is 1.60 bits per heavy atom. The van der Waals surface area contributed by atoms with Crippen LogP contribution >= 0.6 is 17.0 Å². The molecular formula is C2H9BrOSn. The molecule has 1 nitrogen and oxygen atoms in total. The molecule has 0 heterocycles. The molecule has 0 saturated carbocycles. The summed E-state index contributed by atoms with van der Waals surface area (Å²) < 4.78 is 0. The molecule has 0 unspecified atom stereocenters. The van der Waals surface area contributed by atoms with Gasteiger partial charge in [0, 0.05) is 6.61 Å². The Morgan fingerprint density at radius 2 is 1.60 bits per heavy atom. The Kier molecular flexibility index (Phi) is 61.3. The van der Waals surface area contributed by atoms with E-state index in [1.54, 1.807) is 6.92 Å². The van der Waals surface area contributed by atoms with Crippen LogP contribution in [0.5, 0.6) is 0 Å².